The van der Waals surface area contributed by atoms with Gasteiger partial charge in [0.2, 0.25) is 5.91 Å². The van der Waals surface area contributed by atoms with Crippen LogP contribution in [0.25, 0.3) is 0 Å². The summed E-state index contributed by atoms with van der Waals surface area (Å²) in [4.78, 5) is 12.0. The highest BCUT2D eigenvalue weighted by Crippen LogP contribution is 2.23. The molecule has 0 radical (unpaired) electrons. The SMILES string of the molecule is Cc1cccc(Oc2ccc(NC(=O)CNS(=O)(=O)c3cccs3)cc2)c1. The normalized spacial score (nSPS) is 11.1. The van der Waals surface area contributed by atoms with Gasteiger partial charge in [0.1, 0.15) is 15.7 Å². The fourth-order valence-corrected chi connectivity index (χ4v) is 4.29. The lowest BCUT2D eigenvalue weighted by Gasteiger charge is -2.09. The summed E-state index contributed by atoms with van der Waals surface area (Å²) in [5, 5.41) is 4.30. The molecule has 0 saturated heterocycles. The first-order chi connectivity index (χ1) is 12.9. The maximum absolute atomic E-state index is 12.0. The van der Waals surface area contributed by atoms with Gasteiger partial charge in [-0.05, 0) is 60.3 Å². The van der Waals surface area contributed by atoms with Crippen molar-refractivity contribution in [1.82, 2.24) is 4.72 Å². The maximum Gasteiger partial charge on any atom is 0.250 e. The molecule has 6 nitrogen and oxygen atoms in total. The zero-order chi connectivity index (χ0) is 19.3. The summed E-state index contributed by atoms with van der Waals surface area (Å²) in [7, 11) is -3.66. The van der Waals surface area contributed by atoms with Crippen molar-refractivity contribution in [2.75, 3.05) is 11.9 Å². The number of rotatable bonds is 7. The summed E-state index contributed by atoms with van der Waals surface area (Å²) >= 11 is 1.09. The first-order valence-corrected chi connectivity index (χ1v) is 10.5. The molecule has 1 amide bonds. The van der Waals surface area contributed by atoms with Crippen LogP contribution in [0.4, 0.5) is 5.69 Å². The van der Waals surface area contributed by atoms with Gasteiger partial charge in [0, 0.05) is 5.69 Å². The molecule has 0 bridgehead atoms. The molecule has 0 saturated carbocycles. The summed E-state index contributed by atoms with van der Waals surface area (Å²) in [5.41, 5.74) is 1.65. The Balaban J connectivity index is 1.54. The van der Waals surface area contributed by atoms with Gasteiger partial charge in [-0.15, -0.1) is 11.3 Å². The lowest BCUT2D eigenvalue weighted by Crippen LogP contribution is -2.32. The van der Waals surface area contributed by atoms with Gasteiger partial charge in [-0.25, -0.2) is 13.1 Å². The minimum Gasteiger partial charge on any atom is -0.457 e. The van der Waals surface area contributed by atoms with E-state index in [1.807, 2.05) is 31.2 Å². The summed E-state index contributed by atoms with van der Waals surface area (Å²) in [5.74, 6) is 0.911. The Morgan fingerprint density at radius 3 is 2.48 bits per heavy atom. The highest BCUT2D eigenvalue weighted by molar-refractivity contribution is 7.91. The number of hydrogen-bond donors (Lipinski definition) is 2. The van der Waals surface area contributed by atoms with E-state index in [1.54, 1.807) is 35.7 Å². The van der Waals surface area contributed by atoms with Crippen molar-refractivity contribution >= 4 is 33.0 Å². The number of ether oxygens (including phenoxy) is 1. The number of hydrogen-bond acceptors (Lipinski definition) is 5. The second-order valence-corrected chi connectivity index (χ2v) is 8.69. The van der Waals surface area contributed by atoms with E-state index in [4.69, 9.17) is 4.74 Å². The van der Waals surface area contributed by atoms with Crippen molar-refractivity contribution in [2.24, 2.45) is 0 Å². The number of sulfonamides is 1. The first kappa shape index (κ1) is 19.1. The third-order valence-corrected chi connectivity index (χ3v) is 6.34. The predicted octanol–water partition coefficient (Wildman–Crippen LogP) is 3.77. The minimum absolute atomic E-state index is 0.174. The van der Waals surface area contributed by atoms with E-state index >= 15 is 0 Å². The summed E-state index contributed by atoms with van der Waals surface area (Å²) in [6, 6.07) is 17.7. The molecule has 8 heteroatoms. The number of aryl methyl sites for hydroxylation is 1. The largest absolute Gasteiger partial charge is 0.457 e. The van der Waals surface area contributed by atoms with Crippen LogP contribution in [0.3, 0.4) is 0 Å². The maximum atomic E-state index is 12.0. The van der Waals surface area contributed by atoms with Crippen molar-refractivity contribution in [3.63, 3.8) is 0 Å². The number of benzene rings is 2. The number of carbonyl (C=O) groups excluding carboxylic acids is 1. The highest BCUT2D eigenvalue weighted by atomic mass is 32.2. The third kappa shape index (κ3) is 5.40. The van der Waals surface area contributed by atoms with Crippen LogP contribution in [-0.2, 0) is 14.8 Å². The van der Waals surface area contributed by atoms with Gasteiger partial charge < -0.3 is 10.1 Å². The average Bonchev–Trinajstić information content (AvgIpc) is 3.18. The molecule has 0 aliphatic heterocycles. The van der Waals surface area contributed by atoms with E-state index in [9.17, 15) is 13.2 Å². The van der Waals surface area contributed by atoms with E-state index in [-0.39, 0.29) is 10.8 Å². The molecule has 1 heterocycles. The molecule has 0 spiro atoms. The van der Waals surface area contributed by atoms with Crippen LogP contribution in [0.5, 0.6) is 11.5 Å². The zero-order valence-electron chi connectivity index (χ0n) is 14.5. The fourth-order valence-electron chi connectivity index (χ4n) is 2.27. The van der Waals surface area contributed by atoms with Crippen LogP contribution in [0.1, 0.15) is 5.56 Å². The van der Waals surface area contributed by atoms with Crippen LogP contribution < -0.4 is 14.8 Å². The Hall–Kier alpha value is -2.68. The van der Waals surface area contributed by atoms with E-state index in [0.29, 0.717) is 11.4 Å². The number of nitrogens with one attached hydrogen (secondary N) is 2. The highest BCUT2D eigenvalue weighted by Gasteiger charge is 2.16. The van der Waals surface area contributed by atoms with Crippen LogP contribution in [0, 0.1) is 6.92 Å². The average molecular weight is 402 g/mol. The summed E-state index contributed by atoms with van der Waals surface area (Å²) in [6.45, 7) is 1.64. The molecule has 2 N–H and O–H groups in total. The van der Waals surface area contributed by atoms with Crippen molar-refractivity contribution in [1.29, 1.82) is 0 Å². The fraction of sp³-hybridized carbons (Fsp3) is 0.105. The molecule has 0 unspecified atom stereocenters. The van der Waals surface area contributed by atoms with Gasteiger partial charge in [0.15, 0.2) is 0 Å². The number of carbonyl (C=O) groups is 1. The Morgan fingerprint density at radius 1 is 1.04 bits per heavy atom. The standard InChI is InChI=1S/C19H18N2O4S2/c1-14-4-2-5-17(12-14)25-16-9-7-15(8-10-16)21-18(22)13-20-27(23,24)19-6-3-11-26-19/h2-12,20H,13H2,1H3,(H,21,22). The molecular formula is C19H18N2O4S2. The third-order valence-electron chi connectivity index (χ3n) is 3.55. The molecule has 3 rings (SSSR count). The van der Waals surface area contributed by atoms with Crippen molar-refractivity contribution in [3.05, 3.63) is 71.6 Å². The smallest absolute Gasteiger partial charge is 0.250 e. The van der Waals surface area contributed by atoms with Crippen LogP contribution in [-0.4, -0.2) is 20.9 Å². The monoisotopic (exact) mass is 402 g/mol. The summed E-state index contributed by atoms with van der Waals surface area (Å²) < 4.78 is 32.2. The first-order valence-electron chi connectivity index (χ1n) is 8.10. The van der Waals surface area contributed by atoms with Gasteiger partial charge >= 0.3 is 0 Å². The number of thiophene rings is 1. The second kappa shape index (κ2) is 8.34. The van der Waals surface area contributed by atoms with Crippen molar-refractivity contribution in [2.45, 2.75) is 11.1 Å². The van der Waals surface area contributed by atoms with E-state index in [2.05, 4.69) is 10.0 Å². The lowest BCUT2D eigenvalue weighted by atomic mass is 10.2. The zero-order valence-corrected chi connectivity index (χ0v) is 16.1. The van der Waals surface area contributed by atoms with Crippen LogP contribution in [0.2, 0.25) is 0 Å². The van der Waals surface area contributed by atoms with Gasteiger partial charge in [-0.3, -0.25) is 4.79 Å². The lowest BCUT2D eigenvalue weighted by molar-refractivity contribution is -0.115. The Morgan fingerprint density at radius 2 is 1.81 bits per heavy atom. The predicted molar refractivity (Wildman–Crippen MR) is 106 cm³/mol. The molecule has 0 aliphatic carbocycles. The molecule has 0 fully saturated rings. The minimum atomic E-state index is -3.66. The molecule has 0 atom stereocenters. The quantitative estimate of drug-likeness (QED) is 0.630. The Kier molecular flexibility index (Phi) is 5.90. The molecule has 27 heavy (non-hydrogen) atoms. The molecule has 1 aromatic heterocycles. The van der Waals surface area contributed by atoms with Crippen LogP contribution >= 0.6 is 11.3 Å². The summed E-state index contributed by atoms with van der Waals surface area (Å²) in [6.07, 6.45) is 0. The van der Waals surface area contributed by atoms with Crippen LogP contribution in [0.15, 0.2) is 70.3 Å². The molecule has 140 valence electrons. The van der Waals surface area contributed by atoms with Gasteiger partial charge in [-0.1, -0.05) is 18.2 Å². The molecule has 0 aliphatic rings. The van der Waals surface area contributed by atoms with Gasteiger partial charge in [-0.2, -0.15) is 0 Å². The van der Waals surface area contributed by atoms with Crippen molar-refractivity contribution < 1.29 is 17.9 Å². The van der Waals surface area contributed by atoms with Crippen molar-refractivity contribution in [3.8, 4) is 11.5 Å². The molecule has 3 aromatic rings. The molecular weight excluding hydrogens is 384 g/mol. The van der Waals surface area contributed by atoms with E-state index < -0.39 is 15.9 Å². The number of anilines is 1. The molecule has 2 aromatic carbocycles. The second-order valence-electron chi connectivity index (χ2n) is 5.75. The van der Waals surface area contributed by atoms with E-state index in [0.717, 1.165) is 22.6 Å². The van der Waals surface area contributed by atoms with Gasteiger partial charge in [0.05, 0.1) is 6.54 Å². The Labute approximate surface area is 161 Å². The topological polar surface area (TPSA) is 84.5 Å². The van der Waals surface area contributed by atoms with Gasteiger partial charge in [0.25, 0.3) is 10.0 Å². The van der Waals surface area contributed by atoms with E-state index in [1.165, 1.54) is 6.07 Å². The Bertz CT molecular complexity index is 1010. The number of amides is 1.